The Kier molecular flexibility index (Phi) is 8.04. The summed E-state index contributed by atoms with van der Waals surface area (Å²) in [5.41, 5.74) is 6.31. The quantitative estimate of drug-likeness (QED) is 0.247. The van der Waals surface area contributed by atoms with Gasteiger partial charge in [-0.2, -0.15) is 4.40 Å². The van der Waals surface area contributed by atoms with Gasteiger partial charge >= 0.3 is 5.78 Å². The first kappa shape index (κ1) is 23.6. The average molecular weight is 459 g/mol. The van der Waals surface area contributed by atoms with Crippen molar-refractivity contribution in [2.75, 3.05) is 6.54 Å². The van der Waals surface area contributed by atoms with Crippen LogP contribution in [0.5, 0.6) is 0 Å². The molecule has 2 aromatic carbocycles. The molecule has 31 heavy (non-hydrogen) atoms. The lowest BCUT2D eigenvalue weighted by atomic mass is 9.95. The number of hydrogen-bond donors (Lipinski definition) is 2. The van der Waals surface area contributed by atoms with Gasteiger partial charge in [-0.05, 0) is 44.7 Å². The molecule has 1 fully saturated rings. The van der Waals surface area contributed by atoms with E-state index >= 15 is 0 Å². The molecule has 0 unspecified atom stereocenters. The van der Waals surface area contributed by atoms with Gasteiger partial charge in [0, 0.05) is 12.0 Å². The molecule has 4 nitrogen and oxygen atoms in total. The summed E-state index contributed by atoms with van der Waals surface area (Å²) in [7, 11) is 0. The molecule has 0 radical (unpaired) electrons. The molecule has 166 valence electrons. The second kappa shape index (κ2) is 10.5. The van der Waals surface area contributed by atoms with Crippen LogP contribution >= 0.6 is 0 Å². The highest BCUT2D eigenvalue weighted by Crippen LogP contribution is 2.23. The lowest BCUT2D eigenvalue weighted by Crippen LogP contribution is -3.00. The lowest BCUT2D eigenvalue weighted by Gasteiger charge is -2.19. The molecular weight excluding hydrogens is 427 g/mol. The number of rotatable bonds is 6. The molecule has 6 heteroatoms. The van der Waals surface area contributed by atoms with Crippen molar-refractivity contribution in [3.63, 3.8) is 0 Å². The summed E-state index contributed by atoms with van der Waals surface area (Å²) in [4.78, 5) is 3.65. The average Bonchev–Trinajstić information content (AvgIpc) is 3.29. The first-order valence-electron chi connectivity index (χ1n) is 11.2. The van der Waals surface area contributed by atoms with E-state index in [0.29, 0.717) is 0 Å². The topological polar surface area (TPSA) is 41.4 Å². The summed E-state index contributed by atoms with van der Waals surface area (Å²) < 4.78 is 4.79. The second-order valence-corrected chi connectivity index (χ2v) is 8.64. The van der Waals surface area contributed by atoms with Crippen LogP contribution in [0.15, 0.2) is 54.7 Å². The Balaban J connectivity index is 0.00000136. The van der Waals surface area contributed by atoms with E-state index in [0.717, 1.165) is 12.6 Å². The number of halogens is 2. The van der Waals surface area contributed by atoms with Crippen molar-refractivity contribution in [1.29, 1.82) is 0 Å². The summed E-state index contributed by atoms with van der Waals surface area (Å²) in [5, 5.41) is 2.60. The number of fused-ring (bicyclic) bond motifs is 3. The van der Waals surface area contributed by atoms with Crippen LogP contribution in [-0.4, -0.2) is 22.1 Å². The molecule has 0 spiro atoms. The van der Waals surface area contributed by atoms with Crippen LogP contribution in [-0.2, 0) is 6.54 Å². The summed E-state index contributed by atoms with van der Waals surface area (Å²) in [5.74, 6) is 1.18. The monoisotopic (exact) mass is 458 g/mol. The molecule has 2 aromatic heterocycles. The van der Waals surface area contributed by atoms with Gasteiger partial charge in [-0.3, -0.25) is 0 Å². The summed E-state index contributed by atoms with van der Waals surface area (Å²) in [6.07, 6.45) is 10.6. The molecule has 1 aliphatic carbocycles. The molecule has 5 rings (SSSR count). The fourth-order valence-corrected chi connectivity index (χ4v) is 4.87. The molecule has 1 aliphatic rings. The van der Waals surface area contributed by atoms with E-state index in [1.165, 1.54) is 78.7 Å². The Morgan fingerprint density at radius 3 is 2.52 bits per heavy atom. The van der Waals surface area contributed by atoms with Gasteiger partial charge in [0.05, 0.1) is 19.1 Å². The first-order valence-corrected chi connectivity index (χ1v) is 11.2. The highest BCUT2D eigenvalue weighted by molar-refractivity contribution is 5.74. The van der Waals surface area contributed by atoms with Gasteiger partial charge in [-0.1, -0.05) is 48.4 Å². The molecule has 4 aromatic rings. The Morgan fingerprint density at radius 1 is 1.00 bits per heavy atom. The fraction of sp³-hybridized carbons (Fsp3) is 0.400. The standard InChI is InChI=1S/C25H30N4.2ClH/c1-19-12-14-20(15-13-19)24-18-29-23-11-6-5-10-22(23)27-25(29)28(24)17-7-16-26-21-8-3-2-4-9-21;;/h5-6,10-15,18,21,26H,2-4,7-9,16-17H2,1H3;2*1H. The van der Waals surface area contributed by atoms with Gasteiger partial charge in [0.1, 0.15) is 22.9 Å². The van der Waals surface area contributed by atoms with Crippen LogP contribution in [0, 0.1) is 6.92 Å². The highest BCUT2D eigenvalue weighted by Gasteiger charge is 2.22. The van der Waals surface area contributed by atoms with Crippen LogP contribution in [0.2, 0.25) is 0 Å². The van der Waals surface area contributed by atoms with E-state index in [2.05, 4.69) is 80.9 Å². The van der Waals surface area contributed by atoms with Crippen molar-refractivity contribution in [2.45, 2.75) is 58.0 Å². The van der Waals surface area contributed by atoms with Crippen molar-refractivity contribution >= 4 is 16.8 Å². The fourth-order valence-electron chi connectivity index (χ4n) is 4.87. The molecule has 0 atom stereocenters. The number of nitrogens with one attached hydrogen (secondary N) is 1. The summed E-state index contributed by atoms with van der Waals surface area (Å²) in [6.45, 7) is 4.40. The van der Waals surface area contributed by atoms with Gasteiger partial charge in [-0.15, -0.1) is 0 Å². The minimum Gasteiger partial charge on any atom is -1.00 e. The number of nitrogens with two attached hydrogens (primary N) is 1. The number of benzene rings is 2. The summed E-state index contributed by atoms with van der Waals surface area (Å²) >= 11 is 0. The molecular formula is C25H32Cl2N4. The number of imidazole rings is 2. The van der Waals surface area contributed by atoms with Gasteiger partial charge in [-0.25, -0.2) is 9.55 Å². The van der Waals surface area contributed by atoms with Crippen LogP contribution in [0.1, 0.15) is 44.1 Å². The van der Waals surface area contributed by atoms with E-state index in [1.807, 2.05) is 0 Å². The smallest absolute Gasteiger partial charge is 0.368 e. The van der Waals surface area contributed by atoms with Crippen molar-refractivity contribution < 1.29 is 34.5 Å². The van der Waals surface area contributed by atoms with Gasteiger partial charge in [0.25, 0.3) is 0 Å². The van der Waals surface area contributed by atoms with E-state index in [9.17, 15) is 0 Å². The van der Waals surface area contributed by atoms with E-state index in [4.69, 9.17) is 0 Å². The second-order valence-electron chi connectivity index (χ2n) is 8.64. The van der Waals surface area contributed by atoms with Crippen molar-refractivity contribution in [3.8, 4) is 11.3 Å². The zero-order valence-electron chi connectivity index (χ0n) is 18.2. The number of nitrogens with zero attached hydrogens (tertiary/aromatic N) is 2. The largest absolute Gasteiger partial charge is 1.00 e. The van der Waals surface area contributed by atoms with E-state index < -0.39 is 0 Å². The first-order chi connectivity index (χ1) is 14.3. The third-order valence-corrected chi connectivity index (χ3v) is 6.52. The van der Waals surface area contributed by atoms with Crippen LogP contribution < -0.4 is 34.5 Å². The van der Waals surface area contributed by atoms with Crippen molar-refractivity contribution in [3.05, 3.63) is 60.3 Å². The van der Waals surface area contributed by atoms with Gasteiger partial charge < -0.3 is 30.1 Å². The van der Waals surface area contributed by atoms with Crippen molar-refractivity contribution in [2.24, 2.45) is 0 Å². The SMILES string of the molecule is Cc1ccc(-c2c[n+]3c4ccccc4[nH]c3n2CCC[NH2+]C2CCCCC2)cc1.[Cl-].[Cl-]. The minimum atomic E-state index is 0. The molecule has 0 bridgehead atoms. The number of hydrogen-bond acceptors (Lipinski definition) is 0. The van der Waals surface area contributed by atoms with Gasteiger partial charge in [0.2, 0.25) is 0 Å². The number of aryl methyl sites for hydroxylation is 2. The number of aromatic nitrogens is 3. The number of aromatic amines is 1. The Morgan fingerprint density at radius 2 is 1.74 bits per heavy atom. The Hall–Kier alpha value is -2.01. The predicted molar refractivity (Wildman–Crippen MR) is 118 cm³/mol. The maximum atomic E-state index is 3.65. The maximum Gasteiger partial charge on any atom is 0.368 e. The molecule has 3 N–H and O–H groups in total. The normalized spacial score (nSPS) is 14.5. The zero-order valence-corrected chi connectivity index (χ0v) is 19.7. The number of para-hydroxylation sites is 2. The minimum absolute atomic E-state index is 0. The third-order valence-electron chi connectivity index (χ3n) is 6.52. The molecule has 0 amide bonds. The third kappa shape index (κ3) is 4.92. The van der Waals surface area contributed by atoms with Crippen LogP contribution in [0.3, 0.4) is 0 Å². The molecule has 0 aliphatic heterocycles. The zero-order chi connectivity index (χ0) is 19.6. The van der Waals surface area contributed by atoms with Crippen molar-refractivity contribution in [1.82, 2.24) is 9.55 Å². The highest BCUT2D eigenvalue weighted by atomic mass is 35.5. The predicted octanol–water partition coefficient (Wildman–Crippen LogP) is -2.02. The molecule has 1 saturated carbocycles. The van der Waals surface area contributed by atoms with Crippen LogP contribution in [0.25, 0.3) is 28.1 Å². The molecule has 2 heterocycles. The van der Waals surface area contributed by atoms with E-state index in [1.54, 1.807) is 0 Å². The van der Waals surface area contributed by atoms with E-state index in [-0.39, 0.29) is 24.8 Å². The lowest BCUT2D eigenvalue weighted by molar-refractivity contribution is -0.692. The Bertz CT molecular complexity index is 1110. The number of quaternary nitrogens is 1. The van der Waals surface area contributed by atoms with Crippen LogP contribution in [0.4, 0.5) is 0 Å². The van der Waals surface area contributed by atoms with Gasteiger partial charge in [0.15, 0.2) is 0 Å². The number of H-pyrrole nitrogens is 1. The Labute approximate surface area is 196 Å². The maximum absolute atomic E-state index is 3.65. The molecule has 0 saturated heterocycles. The summed E-state index contributed by atoms with van der Waals surface area (Å²) in [6, 6.07) is 18.3.